The molecule has 0 unspecified atom stereocenters. The van der Waals surface area contributed by atoms with Gasteiger partial charge in [-0.3, -0.25) is 0 Å². The van der Waals surface area contributed by atoms with Crippen molar-refractivity contribution in [2.24, 2.45) is 5.14 Å². The average Bonchev–Trinajstić information content (AvgIpc) is 2.38. The number of anilines is 1. The lowest BCUT2D eigenvalue weighted by molar-refractivity contribution is 0.475. The molecule has 20 heavy (non-hydrogen) atoms. The molecule has 0 aliphatic carbocycles. The molecule has 0 aliphatic heterocycles. The summed E-state index contributed by atoms with van der Waals surface area (Å²) in [7, 11) is -3.76. The third-order valence-electron chi connectivity index (χ3n) is 2.69. The van der Waals surface area contributed by atoms with E-state index in [0.717, 1.165) is 5.56 Å². The third kappa shape index (κ3) is 3.63. The highest BCUT2D eigenvalue weighted by molar-refractivity contribution is 7.89. The molecule has 5 nitrogen and oxygen atoms in total. The van der Waals surface area contributed by atoms with Crippen LogP contribution in [0.2, 0.25) is 5.02 Å². The van der Waals surface area contributed by atoms with Crippen LogP contribution in [0, 0.1) is 0 Å². The summed E-state index contributed by atoms with van der Waals surface area (Å²) in [4.78, 5) is -0.00453. The average molecular weight is 313 g/mol. The van der Waals surface area contributed by atoms with E-state index in [2.05, 4.69) is 5.32 Å². The largest absolute Gasteiger partial charge is 0.508 e. The number of halogens is 1. The molecule has 0 atom stereocenters. The van der Waals surface area contributed by atoms with E-state index in [0.29, 0.717) is 17.3 Å². The van der Waals surface area contributed by atoms with Crippen LogP contribution in [-0.4, -0.2) is 13.5 Å². The van der Waals surface area contributed by atoms with Crippen molar-refractivity contribution in [3.8, 4) is 5.75 Å². The van der Waals surface area contributed by atoms with Crippen molar-refractivity contribution in [2.45, 2.75) is 11.4 Å². The third-order valence-corrected chi connectivity index (χ3v) is 3.93. The van der Waals surface area contributed by atoms with Crippen molar-refractivity contribution >= 4 is 27.3 Å². The maximum atomic E-state index is 11.3. The number of phenols is 1. The van der Waals surface area contributed by atoms with Gasteiger partial charge in [0.15, 0.2) is 0 Å². The number of hydrogen-bond donors (Lipinski definition) is 3. The van der Waals surface area contributed by atoms with Gasteiger partial charge < -0.3 is 10.4 Å². The second-order valence-electron chi connectivity index (χ2n) is 4.21. The molecule has 0 radical (unpaired) electrons. The first-order chi connectivity index (χ1) is 9.36. The van der Waals surface area contributed by atoms with E-state index in [1.165, 1.54) is 18.2 Å². The Hall–Kier alpha value is -1.76. The monoisotopic (exact) mass is 312 g/mol. The zero-order valence-electron chi connectivity index (χ0n) is 10.4. The summed E-state index contributed by atoms with van der Waals surface area (Å²) < 4.78 is 22.6. The molecule has 2 aromatic rings. The topological polar surface area (TPSA) is 92.4 Å². The highest BCUT2D eigenvalue weighted by Gasteiger charge is 2.10. The lowest BCUT2D eigenvalue weighted by atomic mass is 10.2. The van der Waals surface area contributed by atoms with Gasteiger partial charge in [0.25, 0.3) is 0 Å². The van der Waals surface area contributed by atoms with Gasteiger partial charge in [-0.25, -0.2) is 13.6 Å². The summed E-state index contributed by atoms with van der Waals surface area (Å²) in [6, 6.07) is 10.8. The summed E-state index contributed by atoms with van der Waals surface area (Å²) in [5.41, 5.74) is 1.39. The van der Waals surface area contributed by atoms with Gasteiger partial charge in [0.05, 0.1) is 15.6 Å². The number of aromatic hydroxyl groups is 1. The molecule has 2 rings (SSSR count). The number of nitrogens with one attached hydrogen (secondary N) is 1. The molecular weight excluding hydrogens is 300 g/mol. The molecule has 0 fully saturated rings. The Kier molecular flexibility index (Phi) is 4.17. The molecule has 0 saturated heterocycles. The molecule has 0 aliphatic rings. The highest BCUT2D eigenvalue weighted by Crippen LogP contribution is 2.25. The summed E-state index contributed by atoms with van der Waals surface area (Å²) in [5.74, 6) is 0.183. The Balaban J connectivity index is 2.19. The number of hydrogen-bond acceptors (Lipinski definition) is 4. The first-order valence-corrected chi connectivity index (χ1v) is 7.63. The molecule has 7 heteroatoms. The summed E-state index contributed by atoms with van der Waals surface area (Å²) in [6.45, 7) is 0.439. The van der Waals surface area contributed by atoms with Crippen LogP contribution >= 0.6 is 11.6 Å². The molecular formula is C13H13ClN2O3S. The van der Waals surface area contributed by atoms with Gasteiger partial charge in [-0.1, -0.05) is 23.7 Å². The minimum absolute atomic E-state index is 0.00453. The summed E-state index contributed by atoms with van der Waals surface area (Å²) in [5, 5.41) is 17.7. The number of rotatable bonds is 4. The van der Waals surface area contributed by atoms with Gasteiger partial charge in [-0.05, 0) is 35.9 Å². The van der Waals surface area contributed by atoms with Crippen LogP contribution in [0.1, 0.15) is 5.56 Å². The van der Waals surface area contributed by atoms with E-state index in [1.54, 1.807) is 24.3 Å². The number of primary sulfonamides is 1. The Morgan fingerprint density at radius 1 is 1.15 bits per heavy atom. The first kappa shape index (κ1) is 14.6. The van der Waals surface area contributed by atoms with Gasteiger partial charge in [0.2, 0.25) is 10.0 Å². The molecule has 0 spiro atoms. The molecule has 0 bridgehead atoms. The number of benzene rings is 2. The minimum Gasteiger partial charge on any atom is -0.508 e. The minimum atomic E-state index is -3.76. The van der Waals surface area contributed by atoms with E-state index in [1.807, 2.05) is 0 Å². The SMILES string of the molecule is NS(=O)(=O)c1ccc(Cl)c(NCc2ccc(O)cc2)c1. The molecule has 0 heterocycles. The van der Waals surface area contributed by atoms with Crippen LogP contribution in [0.3, 0.4) is 0 Å². The van der Waals surface area contributed by atoms with Gasteiger partial charge >= 0.3 is 0 Å². The Labute approximate surface area is 122 Å². The Morgan fingerprint density at radius 2 is 1.80 bits per heavy atom. The van der Waals surface area contributed by atoms with E-state index in [-0.39, 0.29) is 10.6 Å². The molecule has 0 amide bonds. The maximum Gasteiger partial charge on any atom is 0.238 e. The summed E-state index contributed by atoms with van der Waals surface area (Å²) >= 11 is 6.00. The first-order valence-electron chi connectivity index (χ1n) is 5.70. The standard InChI is InChI=1S/C13H13ClN2O3S/c14-12-6-5-11(20(15,18)19)7-13(12)16-8-9-1-3-10(17)4-2-9/h1-7,16-17H,8H2,(H2,15,18,19). The van der Waals surface area contributed by atoms with E-state index in [4.69, 9.17) is 16.7 Å². The Bertz CT molecular complexity index is 715. The lowest BCUT2D eigenvalue weighted by Crippen LogP contribution is -2.12. The second-order valence-corrected chi connectivity index (χ2v) is 6.18. The van der Waals surface area contributed by atoms with Crippen LogP contribution in [-0.2, 0) is 16.6 Å². The van der Waals surface area contributed by atoms with Crippen LogP contribution in [0.25, 0.3) is 0 Å². The quantitative estimate of drug-likeness (QED) is 0.807. The van der Waals surface area contributed by atoms with Crippen LogP contribution in [0.4, 0.5) is 5.69 Å². The summed E-state index contributed by atoms with van der Waals surface area (Å²) in [6.07, 6.45) is 0. The van der Waals surface area contributed by atoms with Crippen molar-refractivity contribution in [1.82, 2.24) is 0 Å². The normalized spacial score (nSPS) is 11.3. The maximum absolute atomic E-state index is 11.3. The molecule has 106 valence electrons. The second kappa shape index (κ2) is 5.70. The van der Waals surface area contributed by atoms with Crippen molar-refractivity contribution in [3.05, 3.63) is 53.1 Å². The van der Waals surface area contributed by atoms with Crippen molar-refractivity contribution < 1.29 is 13.5 Å². The molecule has 0 saturated carbocycles. The van der Waals surface area contributed by atoms with Gasteiger partial charge in [0.1, 0.15) is 5.75 Å². The Morgan fingerprint density at radius 3 is 2.40 bits per heavy atom. The highest BCUT2D eigenvalue weighted by atomic mass is 35.5. The van der Waals surface area contributed by atoms with E-state index >= 15 is 0 Å². The zero-order chi connectivity index (χ0) is 14.8. The number of nitrogens with two attached hydrogens (primary N) is 1. The van der Waals surface area contributed by atoms with Crippen molar-refractivity contribution in [2.75, 3.05) is 5.32 Å². The van der Waals surface area contributed by atoms with Crippen LogP contribution in [0.15, 0.2) is 47.4 Å². The predicted octanol–water partition coefficient (Wildman–Crippen LogP) is 2.31. The van der Waals surface area contributed by atoms with E-state index < -0.39 is 10.0 Å². The molecule has 0 aromatic heterocycles. The molecule has 2 aromatic carbocycles. The van der Waals surface area contributed by atoms with Crippen LogP contribution < -0.4 is 10.5 Å². The molecule has 4 N–H and O–H groups in total. The number of phenolic OH excluding ortho intramolecular Hbond substituents is 1. The van der Waals surface area contributed by atoms with Gasteiger partial charge in [0, 0.05) is 6.54 Å². The smallest absolute Gasteiger partial charge is 0.238 e. The van der Waals surface area contributed by atoms with Gasteiger partial charge in [-0.2, -0.15) is 0 Å². The fourth-order valence-corrected chi connectivity index (χ4v) is 2.35. The van der Waals surface area contributed by atoms with E-state index in [9.17, 15) is 13.5 Å². The fourth-order valence-electron chi connectivity index (χ4n) is 1.63. The van der Waals surface area contributed by atoms with Gasteiger partial charge in [-0.15, -0.1) is 0 Å². The van der Waals surface area contributed by atoms with Crippen molar-refractivity contribution in [3.63, 3.8) is 0 Å². The lowest BCUT2D eigenvalue weighted by Gasteiger charge is -2.10. The zero-order valence-corrected chi connectivity index (χ0v) is 11.9. The van der Waals surface area contributed by atoms with Crippen LogP contribution in [0.5, 0.6) is 5.75 Å². The van der Waals surface area contributed by atoms with Crippen molar-refractivity contribution in [1.29, 1.82) is 0 Å². The predicted molar refractivity (Wildman–Crippen MR) is 78.3 cm³/mol. The fraction of sp³-hybridized carbons (Fsp3) is 0.0769. The number of sulfonamides is 1.